The van der Waals surface area contributed by atoms with Gasteiger partial charge in [-0.2, -0.15) is 0 Å². The van der Waals surface area contributed by atoms with Crippen LogP contribution in [0.2, 0.25) is 5.02 Å². The molecule has 0 heterocycles. The highest BCUT2D eigenvalue weighted by Gasteiger charge is 2.21. The third-order valence-corrected chi connectivity index (χ3v) is 3.93. The van der Waals surface area contributed by atoms with Crippen molar-refractivity contribution in [1.29, 1.82) is 0 Å². The van der Waals surface area contributed by atoms with Gasteiger partial charge < -0.3 is 5.11 Å². The van der Waals surface area contributed by atoms with E-state index in [1.807, 2.05) is 0 Å². The number of halogens is 2. The standard InChI is InChI=1S/C11H9ClFNO4S/c1-2-3-4-14-19(17,18)7-5-8(11(15)16)10(12)9(13)6-7/h1,5-6,14H,3-4H2,(H,15,16). The molecule has 0 aliphatic carbocycles. The number of hydrogen-bond donors (Lipinski definition) is 2. The molecule has 0 saturated carbocycles. The van der Waals surface area contributed by atoms with E-state index in [1.54, 1.807) is 0 Å². The van der Waals surface area contributed by atoms with E-state index in [0.29, 0.717) is 6.07 Å². The van der Waals surface area contributed by atoms with Gasteiger partial charge >= 0.3 is 5.97 Å². The molecule has 2 N–H and O–H groups in total. The molecule has 0 aliphatic rings. The number of rotatable bonds is 5. The Labute approximate surface area is 114 Å². The minimum Gasteiger partial charge on any atom is -0.478 e. The van der Waals surface area contributed by atoms with Crippen molar-refractivity contribution in [2.24, 2.45) is 0 Å². The van der Waals surface area contributed by atoms with Crippen molar-refractivity contribution >= 4 is 27.6 Å². The summed E-state index contributed by atoms with van der Waals surface area (Å²) in [6.07, 6.45) is 5.12. The van der Waals surface area contributed by atoms with Crippen LogP contribution in [0.1, 0.15) is 16.8 Å². The molecule has 1 aromatic rings. The first-order valence-corrected chi connectivity index (χ1v) is 6.81. The van der Waals surface area contributed by atoms with Crippen LogP contribution in [0.25, 0.3) is 0 Å². The predicted molar refractivity (Wildman–Crippen MR) is 67.0 cm³/mol. The van der Waals surface area contributed by atoms with Gasteiger partial charge in [0, 0.05) is 13.0 Å². The molecule has 0 aliphatic heterocycles. The average Bonchev–Trinajstić information content (AvgIpc) is 2.32. The summed E-state index contributed by atoms with van der Waals surface area (Å²) in [6.45, 7) is -0.0362. The maximum absolute atomic E-state index is 13.4. The van der Waals surface area contributed by atoms with Crippen molar-refractivity contribution < 1.29 is 22.7 Å². The van der Waals surface area contributed by atoms with E-state index in [-0.39, 0.29) is 13.0 Å². The lowest BCUT2D eigenvalue weighted by atomic mass is 10.2. The molecule has 0 radical (unpaired) electrons. The van der Waals surface area contributed by atoms with Crippen molar-refractivity contribution in [3.63, 3.8) is 0 Å². The Bertz CT molecular complexity index is 651. The highest BCUT2D eigenvalue weighted by molar-refractivity contribution is 7.89. The van der Waals surface area contributed by atoms with Gasteiger partial charge in [0.05, 0.1) is 15.5 Å². The van der Waals surface area contributed by atoms with Crippen LogP contribution in [0, 0.1) is 18.2 Å². The summed E-state index contributed by atoms with van der Waals surface area (Å²) < 4.78 is 39.0. The van der Waals surface area contributed by atoms with Gasteiger partial charge in [-0.1, -0.05) is 11.6 Å². The van der Waals surface area contributed by atoms with Crippen LogP contribution in [-0.2, 0) is 10.0 Å². The topological polar surface area (TPSA) is 83.5 Å². The van der Waals surface area contributed by atoms with Crippen molar-refractivity contribution in [2.75, 3.05) is 6.54 Å². The Morgan fingerprint density at radius 3 is 2.68 bits per heavy atom. The fraction of sp³-hybridized carbons (Fsp3) is 0.182. The van der Waals surface area contributed by atoms with Crippen molar-refractivity contribution in [3.8, 4) is 12.3 Å². The van der Waals surface area contributed by atoms with E-state index in [4.69, 9.17) is 23.1 Å². The molecule has 0 saturated heterocycles. The number of terminal acetylenes is 1. The first kappa shape index (κ1) is 15.4. The molecular formula is C11H9ClFNO4S. The van der Waals surface area contributed by atoms with Crippen LogP contribution in [-0.4, -0.2) is 26.0 Å². The number of carboxylic acids is 1. The van der Waals surface area contributed by atoms with Crippen LogP contribution >= 0.6 is 11.6 Å². The number of aromatic carboxylic acids is 1. The molecule has 0 fully saturated rings. The Balaban J connectivity index is 3.22. The fourth-order valence-corrected chi connectivity index (χ4v) is 2.47. The van der Waals surface area contributed by atoms with Crippen molar-refractivity contribution in [2.45, 2.75) is 11.3 Å². The number of carboxylic acid groups (broad SMARTS) is 1. The second kappa shape index (κ2) is 6.02. The van der Waals surface area contributed by atoms with Crippen LogP contribution in [0.15, 0.2) is 17.0 Å². The lowest BCUT2D eigenvalue weighted by molar-refractivity contribution is 0.0696. The van der Waals surface area contributed by atoms with E-state index in [0.717, 1.165) is 6.07 Å². The molecule has 1 rings (SSSR count). The summed E-state index contributed by atoms with van der Waals surface area (Å²) in [5.74, 6) is -0.424. The number of carbonyl (C=O) groups is 1. The molecule has 0 aromatic heterocycles. The normalized spacial score (nSPS) is 11.0. The lowest BCUT2D eigenvalue weighted by Crippen LogP contribution is -2.25. The largest absolute Gasteiger partial charge is 0.478 e. The SMILES string of the molecule is C#CCCNS(=O)(=O)c1cc(F)c(Cl)c(C(=O)O)c1. The molecule has 0 atom stereocenters. The minimum atomic E-state index is -4.04. The Hall–Kier alpha value is -1.62. The maximum Gasteiger partial charge on any atom is 0.337 e. The maximum atomic E-state index is 13.4. The van der Waals surface area contributed by atoms with E-state index in [9.17, 15) is 17.6 Å². The van der Waals surface area contributed by atoms with Gasteiger partial charge in [-0.05, 0) is 12.1 Å². The van der Waals surface area contributed by atoms with Gasteiger partial charge in [-0.3, -0.25) is 0 Å². The molecule has 19 heavy (non-hydrogen) atoms. The summed E-state index contributed by atoms with van der Waals surface area (Å²) in [5.41, 5.74) is -0.626. The van der Waals surface area contributed by atoms with E-state index in [1.165, 1.54) is 0 Å². The number of hydrogen-bond acceptors (Lipinski definition) is 3. The highest BCUT2D eigenvalue weighted by Crippen LogP contribution is 2.24. The summed E-state index contributed by atoms with van der Waals surface area (Å²) in [5, 5.41) is 8.16. The summed E-state index contributed by atoms with van der Waals surface area (Å²) in [7, 11) is -4.04. The summed E-state index contributed by atoms with van der Waals surface area (Å²) in [6, 6.07) is 1.43. The van der Waals surface area contributed by atoms with E-state index in [2.05, 4.69) is 10.6 Å². The van der Waals surface area contributed by atoms with E-state index < -0.39 is 37.3 Å². The van der Waals surface area contributed by atoms with Gasteiger partial charge in [0.2, 0.25) is 10.0 Å². The van der Waals surface area contributed by atoms with Crippen LogP contribution < -0.4 is 4.72 Å². The second-order valence-electron chi connectivity index (χ2n) is 3.42. The van der Waals surface area contributed by atoms with Crippen LogP contribution in [0.4, 0.5) is 4.39 Å². The summed E-state index contributed by atoms with van der Waals surface area (Å²) >= 11 is 5.44. The molecular weight excluding hydrogens is 297 g/mol. The average molecular weight is 306 g/mol. The number of sulfonamides is 1. The lowest BCUT2D eigenvalue weighted by Gasteiger charge is -2.08. The Kier molecular flexibility index (Phi) is 4.89. The zero-order chi connectivity index (χ0) is 14.6. The molecule has 0 spiro atoms. The van der Waals surface area contributed by atoms with Crippen molar-refractivity contribution in [1.82, 2.24) is 4.72 Å². The zero-order valence-electron chi connectivity index (χ0n) is 9.48. The van der Waals surface area contributed by atoms with Gasteiger partial charge in [0.15, 0.2) is 0 Å². The van der Waals surface area contributed by atoms with Gasteiger partial charge in [0.1, 0.15) is 5.82 Å². The molecule has 5 nitrogen and oxygen atoms in total. The Morgan fingerprint density at radius 2 is 2.16 bits per heavy atom. The third-order valence-electron chi connectivity index (χ3n) is 2.10. The highest BCUT2D eigenvalue weighted by atomic mass is 35.5. The molecule has 0 amide bonds. The van der Waals surface area contributed by atoms with Crippen LogP contribution in [0.5, 0.6) is 0 Å². The second-order valence-corrected chi connectivity index (χ2v) is 5.57. The first-order valence-electron chi connectivity index (χ1n) is 4.95. The van der Waals surface area contributed by atoms with Gasteiger partial charge in [-0.25, -0.2) is 22.3 Å². The zero-order valence-corrected chi connectivity index (χ0v) is 11.1. The first-order chi connectivity index (χ1) is 8.79. The molecule has 0 bridgehead atoms. The van der Waals surface area contributed by atoms with Gasteiger partial charge in [-0.15, -0.1) is 12.3 Å². The number of nitrogens with one attached hydrogen (secondary N) is 1. The van der Waals surface area contributed by atoms with Crippen LogP contribution in [0.3, 0.4) is 0 Å². The van der Waals surface area contributed by atoms with Gasteiger partial charge in [0.25, 0.3) is 0 Å². The van der Waals surface area contributed by atoms with E-state index >= 15 is 0 Å². The predicted octanol–water partition coefficient (Wildman–Crippen LogP) is 1.48. The molecule has 0 unspecified atom stereocenters. The third kappa shape index (κ3) is 3.67. The summed E-state index contributed by atoms with van der Waals surface area (Å²) in [4.78, 5) is 10.3. The Morgan fingerprint density at radius 1 is 1.53 bits per heavy atom. The monoisotopic (exact) mass is 305 g/mol. The molecule has 8 heteroatoms. The minimum absolute atomic E-state index is 0.0362. The smallest absolute Gasteiger partial charge is 0.337 e. The molecule has 1 aromatic carbocycles. The quantitative estimate of drug-likeness (QED) is 0.637. The molecule has 102 valence electrons. The number of benzene rings is 1. The fourth-order valence-electron chi connectivity index (χ4n) is 1.22. The van der Waals surface area contributed by atoms with Crippen molar-refractivity contribution in [3.05, 3.63) is 28.5 Å².